The van der Waals surface area contributed by atoms with Crippen LogP contribution in [0.25, 0.3) is 0 Å². The molecule has 0 spiro atoms. The zero-order valence-corrected chi connectivity index (χ0v) is 9.98. The van der Waals surface area contributed by atoms with Gasteiger partial charge in [0.1, 0.15) is 6.61 Å². The molecule has 0 radical (unpaired) electrons. The summed E-state index contributed by atoms with van der Waals surface area (Å²) in [4.78, 5) is 0. The van der Waals surface area contributed by atoms with E-state index in [1.54, 1.807) is 6.07 Å². The Kier molecular flexibility index (Phi) is 4.14. The summed E-state index contributed by atoms with van der Waals surface area (Å²) < 4.78 is 10.5. The molecule has 90 valence electrons. The van der Waals surface area contributed by atoms with Crippen LogP contribution in [0.1, 0.15) is 17.0 Å². The molecule has 1 aromatic heterocycles. The average Bonchev–Trinajstić information content (AvgIpc) is 2.77. The second-order valence-corrected chi connectivity index (χ2v) is 4.05. The quantitative estimate of drug-likeness (QED) is 0.888. The van der Waals surface area contributed by atoms with Crippen LogP contribution in [0.15, 0.2) is 34.9 Å². The lowest BCUT2D eigenvalue weighted by Crippen LogP contribution is -1.95. The largest absolute Gasteiger partial charge is 0.369 e. The lowest BCUT2D eigenvalue weighted by molar-refractivity contribution is 0.0883. The van der Waals surface area contributed by atoms with Crippen molar-refractivity contribution in [2.75, 3.05) is 0 Å². The molecule has 1 heterocycles. The molecule has 0 amide bonds. The number of hydrogen-bond donors (Lipinski definition) is 1. The van der Waals surface area contributed by atoms with E-state index in [2.05, 4.69) is 5.16 Å². The topological polar surface area (TPSA) is 61.3 Å². The molecule has 2 N–H and O–H groups in total. The number of ether oxygens (including phenoxy) is 1. The molecular weight excluding hydrogens is 240 g/mol. The zero-order valence-electron chi connectivity index (χ0n) is 9.23. The fraction of sp³-hybridized carbons (Fsp3) is 0.250. The smallest absolute Gasteiger partial charge is 0.162 e. The van der Waals surface area contributed by atoms with Crippen LogP contribution in [0.3, 0.4) is 0 Å². The van der Waals surface area contributed by atoms with Gasteiger partial charge in [-0.15, -0.1) is 0 Å². The van der Waals surface area contributed by atoms with Crippen LogP contribution in [-0.2, 0) is 24.5 Å². The van der Waals surface area contributed by atoms with Gasteiger partial charge in [0.2, 0.25) is 0 Å². The maximum absolute atomic E-state index is 5.86. The SMILES string of the molecule is NCc1cc(COCc2cccc(Cl)c2)on1. The highest BCUT2D eigenvalue weighted by molar-refractivity contribution is 6.30. The van der Waals surface area contributed by atoms with Gasteiger partial charge < -0.3 is 15.0 Å². The van der Waals surface area contributed by atoms with Gasteiger partial charge in [0.05, 0.1) is 12.3 Å². The molecule has 0 saturated carbocycles. The summed E-state index contributed by atoms with van der Waals surface area (Å²) >= 11 is 5.86. The first-order chi connectivity index (χ1) is 8.28. The summed E-state index contributed by atoms with van der Waals surface area (Å²) in [5.41, 5.74) is 7.17. The highest BCUT2D eigenvalue weighted by Crippen LogP contribution is 2.12. The maximum Gasteiger partial charge on any atom is 0.162 e. The molecule has 5 heteroatoms. The Morgan fingerprint density at radius 1 is 1.29 bits per heavy atom. The third kappa shape index (κ3) is 3.56. The zero-order chi connectivity index (χ0) is 12.1. The van der Waals surface area contributed by atoms with Gasteiger partial charge in [-0.2, -0.15) is 0 Å². The van der Waals surface area contributed by atoms with Gasteiger partial charge in [0.15, 0.2) is 5.76 Å². The molecule has 2 aromatic rings. The number of nitrogens with two attached hydrogens (primary N) is 1. The Hall–Kier alpha value is -1.36. The second kappa shape index (κ2) is 5.82. The summed E-state index contributed by atoms with van der Waals surface area (Å²) in [7, 11) is 0. The fourth-order valence-corrected chi connectivity index (χ4v) is 1.63. The monoisotopic (exact) mass is 252 g/mol. The lowest BCUT2D eigenvalue weighted by atomic mass is 10.2. The molecule has 0 aliphatic rings. The van der Waals surface area contributed by atoms with E-state index in [0.717, 1.165) is 11.3 Å². The molecule has 0 unspecified atom stereocenters. The van der Waals surface area contributed by atoms with E-state index in [0.29, 0.717) is 30.5 Å². The molecule has 17 heavy (non-hydrogen) atoms. The molecule has 4 nitrogen and oxygen atoms in total. The summed E-state index contributed by atoms with van der Waals surface area (Å²) in [6.07, 6.45) is 0. The molecule has 0 saturated heterocycles. The molecule has 0 aliphatic heterocycles. The van der Waals surface area contributed by atoms with Crippen molar-refractivity contribution in [3.05, 3.63) is 52.4 Å². The number of hydrogen-bond acceptors (Lipinski definition) is 4. The Balaban J connectivity index is 1.83. The predicted octanol–water partition coefficient (Wildman–Crippen LogP) is 2.50. The summed E-state index contributed by atoms with van der Waals surface area (Å²) in [5, 5.41) is 4.48. The van der Waals surface area contributed by atoms with Crippen LogP contribution in [0.2, 0.25) is 5.02 Å². The van der Waals surface area contributed by atoms with Gasteiger partial charge in [0.25, 0.3) is 0 Å². The fourth-order valence-electron chi connectivity index (χ4n) is 1.42. The van der Waals surface area contributed by atoms with E-state index in [9.17, 15) is 0 Å². The van der Waals surface area contributed by atoms with Crippen molar-refractivity contribution in [2.24, 2.45) is 5.73 Å². The Morgan fingerprint density at radius 2 is 2.18 bits per heavy atom. The van der Waals surface area contributed by atoms with Crippen LogP contribution in [0.5, 0.6) is 0 Å². The van der Waals surface area contributed by atoms with Crippen LogP contribution >= 0.6 is 11.6 Å². The van der Waals surface area contributed by atoms with E-state index in [-0.39, 0.29) is 0 Å². The van der Waals surface area contributed by atoms with Crippen molar-refractivity contribution in [3.63, 3.8) is 0 Å². The molecule has 2 rings (SSSR count). The van der Waals surface area contributed by atoms with Crippen molar-refractivity contribution in [1.82, 2.24) is 5.16 Å². The number of rotatable bonds is 5. The number of nitrogens with zero attached hydrogens (tertiary/aromatic N) is 1. The first kappa shape index (κ1) is 12.1. The van der Waals surface area contributed by atoms with E-state index in [1.165, 1.54) is 0 Å². The highest BCUT2D eigenvalue weighted by atomic mass is 35.5. The average molecular weight is 253 g/mol. The highest BCUT2D eigenvalue weighted by Gasteiger charge is 2.03. The normalized spacial score (nSPS) is 10.7. The van der Waals surface area contributed by atoms with Gasteiger partial charge in [-0.05, 0) is 17.7 Å². The first-order valence-corrected chi connectivity index (χ1v) is 5.62. The lowest BCUT2D eigenvalue weighted by Gasteiger charge is -2.02. The predicted molar refractivity (Wildman–Crippen MR) is 64.3 cm³/mol. The van der Waals surface area contributed by atoms with Crippen molar-refractivity contribution >= 4 is 11.6 Å². The summed E-state index contributed by atoms with van der Waals surface area (Å²) in [6.45, 7) is 1.23. The van der Waals surface area contributed by atoms with Crippen molar-refractivity contribution in [2.45, 2.75) is 19.8 Å². The van der Waals surface area contributed by atoms with Crippen LogP contribution in [-0.4, -0.2) is 5.16 Å². The van der Waals surface area contributed by atoms with E-state index >= 15 is 0 Å². The van der Waals surface area contributed by atoms with Crippen molar-refractivity contribution in [1.29, 1.82) is 0 Å². The molecular formula is C12H13ClN2O2. The van der Waals surface area contributed by atoms with E-state index < -0.39 is 0 Å². The molecule has 0 fully saturated rings. The standard InChI is InChI=1S/C12H13ClN2O2/c13-10-3-1-2-9(4-10)7-16-8-12-5-11(6-14)15-17-12/h1-5H,6-8,14H2. The Labute approximate surface area is 104 Å². The van der Waals surface area contributed by atoms with Crippen LogP contribution < -0.4 is 5.73 Å². The third-order valence-electron chi connectivity index (χ3n) is 2.22. The molecule has 0 atom stereocenters. The van der Waals surface area contributed by atoms with Crippen molar-refractivity contribution < 1.29 is 9.26 Å². The Morgan fingerprint density at radius 3 is 2.88 bits per heavy atom. The molecule has 0 aliphatic carbocycles. The van der Waals surface area contributed by atoms with Crippen molar-refractivity contribution in [3.8, 4) is 0 Å². The third-order valence-corrected chi connectivity index (χ3v) is 2.45. The van der Waals surface area contributed by atoms with Crippen LogP contribution in [0.4, 0.5) is 0 Å². The molecule has 1 aromatic carbocycles. The van der Waals surface area contributed by atoms with Gasteiger partial charge in [-0.1, -0.05) is 28.9 Å². The minimum absolute atomic E-state index is 0.373. The van der Waals surface area contributed by atoms with Gasteiger partial charge in [0, 0.05) is 17.6 Å². The number of benzene rings is 1. The van der Waals surface area contributed by atoms with Crippen LogP contribution in [0, 0.1) is 0 Å². The first-order valence-electron chi connectivity index (χ1n) is 5.24. The Bertz CT molecular complexity index is 485. The maximum atomic E-state index is 5.86. The minimum atomic E-state index is 0.373. The summed E-state index contributed by atoms with van der Waals surface area (Å²) in [5.74, 6) is 0.674. The number of halogens is 1. The summed E-state index contributed by atoms with van der Waals surface area (Å²) in [6, 6.07) is 9.33. The second-order valence-electron chi connectivity index (χ2n) is 3.61. The van der Waals surface area contributed by atoms with E-state index in [1.807, 2.05) is 24.3 Å². The van der Waals surface area contributed by atoms with E-state index in [4.69, 9.17) is 26.6 Å². The van der Waals surface area contributed by atoms with Gasteiger partial charge in [-0.25, -0.2) is 0 Å². The van der Waals surface area contributed by atoms with Gasteiger partial charge >= 0.3 is 0 Å². The minimum Gasteiger partial charge on any atom is -0.369 e. The number of aromatic nitrogens is 1. The molecule has 0 bridgehead atoms. The van der Waals surface area contributed by atoms with Gasteiger partial charge in [-0.3, -0.25) is 0 Å².